The predicted molar refractivity (Wildman–Crippen MR) is 292 cm³/mol. The van der Waals surface area contributed by atoms with Gasteiger partial charge in [0.1, 0.15) is 0 Å². The molecule has 6 bridgehead atoms. The zero-order valence-electron chi connectivity index (χ0n) is 39.5. The fourth-order valence-electron chi connectivity index (χ4n) is 11.0. The minimum atomic E-state index is -0.00992. The number of hydrogen-bond acceptors (Lipinski definition) is 3. The van der Waals surface area contributed by atoms with Crippen LogP contribution in [-0.2, 0) is 5.41 Å². The van der Waals surface area contributed by atoms with Gasteiger partial charge in [-0.3, -0.25) is 0 Å². The van der Waals surface area contributed by atoms with E-state index in [4.69, 9.17) is 0 Å². The molecular weight excluding hydrogens is 823 g/mol. The molecule has 0 N–H and O–H groups in total. The Bertz CT molecular complexity index is 3490. The van der Waals surface area contributed by atoms with E-state index < -0.39 is 0 Å². The smallest absolute Gasteiger partial charge is 0.0561 e. The van der Waals surface area contributed by atoms with Crippen molar-refractivity contribution in [2.45, 2.75) is 47.0 Å². The summed E-state index contributed by atoms with van der Waals surface area (Å²) in [5, 5.41) is 7.45. The predicted octanol–water partition coefficient (Wildman–Crippen LogP) is 18.9. The zero-order chi connectivity index (χ0) is 46.3. The maximum absolute atomic E-state index is 2.53. The third-order valence-corrected chi connectivity index (χ3v) is 14.0. The van der Waals surface area contributed by atoms with Gasteiger partial charge in [0, 0.05) is 50.0 Å². The Kier molecular flexibility index (Phi) is 9.74. The van der Waals surface area contributed by atoms with Gasteiger partial charge in [0.15, 0.2) is 0 Å². The molecule has 1 aliphatic rings. The topological polar surface area (TPSA) is 9.72 Å². The summed E-state index contributed by atoms with van der Waals surface area (Å²) in [7, 11) is 0. The molecule has 0 fully saturated rings. The quantitative estimate of drug-likeness (QED) is 0.160. The number of rotatable bonds is 5. The molecule has 11 aromatic carbocycles. The van der Waals surface area contributed by atoms with Gasteiger partial charge in [0.25, 0.3) is 0 Å². The van der Waals surface area contributed by atoms with Crippen molar-refractivity contribution in [2.24, 2.45) is 0 Å². The number of benzene rings is 11. The van der Waals surface area contributed by atoms with Crippen LogP contribution in [0, 0.1) is 20.8 Å². The third kappa shape index (κ3) is 6.80. The highest BCUT2D eigenvalue weighted by Crippen LogP contribution is 2.54. The lowest BCUT2D eigenvalue weighted by atomic mass is 9.83. The molecule has 0 saturated heterocycles. The van der Waals surface area contributed by atoms with Crippen molar-refractivity contribution >= 4 is 83.5 Å². The first kappa shape index (κ1) is 41.3. The van der Waals surface area contributed by atoms with Gasteiger partial charge in [0.2, 0.25) is 0 Å². The van der Waals surface area contributed by atoms with Crippen molar-refractivity contribution in [3.8, 4) is 22.3 Å². The number of hydrogen-bond donors (Lipinski definition) is 0. The highest BCUT2D eigenvalue weighted by molar-refractivity contribution is 6.29. The number of anilines is 9. The van der Waals surface area contributed by atoms with Gasteiger partial charge < -0.3 is 14.7 Å². The molecule has 3 heteroatoms. The van der Waals surface area contributed by atoms with Crippen LogP contribution in [0.3, 0.4) is 0 Å². The van der Waals surface area contributed by atoms with Crippen LogP contribution in [0.15, 0.2) is 212 Å². The van der Waals surface area contributed by atoms with Gasteiger partial charge in [-0.05, 0) is 125 Å². The van der Waals surface area contributed by atoms with E-state index in [1.54, 1.807) is 0 Å². The second kappa shape index (κ2) is 16.0. The Morgan fingerprint density at radius 3 is 1.22 bits per heavy atom. The van der Waals surface area contributed by atoms with Crippen molar-refractivity contribution in [1.29, 1.82) is 0 Å². The van der Waals surface area contributed by atoms with Crippen LogP contribution in [0.2, 0.25) is 0 Å². The summed E-state index contributed by atoms with van der Waals surface area (Å²) in [4.78, 5) is 7.54. The second-order valence-corrected chi connectivity index (χ2v) is 19.6. The van der Waals surface area contributed by atoms with Gasteiger partial charge in [-0.15, -0.1) is 0 Å². The third-order valence-electron chi connectivity index (χ3n) is 14.0. The first-order valence-electron chi connectivity index (χ1n) is 23.8. The fraction of sp³-hybridized carbons (Fsp3) is 0.108. The standard InChI is InChI=1S/C65H53N3/c1-42-35-43(2)64(44(3)36-42)66-50-23-17-25-52(39-50)67(58-29-15-13-27-54(58)45-19-9-7-10-20-45)60-41-61(57-34-32-48-38-49(65(4,5)6)37-47-31-33-56(60)63(57)62(47)48)68(53-26-18-24-51(66)40-53)59-30-16-14-28-55(59)46-21-11-8-12-22-46/h7-41H,1-6H3. The van der Waals surface area contributed by atoms with E-state index in [0.29, 0.717) is 0 Å². The van der Waals surface area contributed by atoms with Crippen LogP contribution < -0.4 is 14.7 Å². The molecule has 12 rings (SSSR count). The molecule has 68 heavy (non-hydrogen) atoms. The van der Waals surface area contributed by atoms with Crippen molar-refractivity contribution in [3.05, 3.63) is 235 Å². The Balaban J connectivity index is 1.28. The van der Waals surface area contributed by atoms with E-state index in [1.807, 2.05) is 0 Å². The lowest BCUT2D eigenvalue weighted by molar-refractivity contribution is 0.591. The van der Waals surface area contributed by atoms with Gasteiger partial charge >= 0.3 is 0 Å². The highest BCUT2D eigenvalue weighted by atomic mass is 15.2. The molecule has 0 aromatic heterocycles. The molecule has 3 nitrogen and oxygen atoms in total. The minimum Gasteiger partial charge on any atom is -0.310 e. The summed E-state index contributed by atoms with van der Waals surface area (Å²) in [6, 6.07) is 79.3. The number of fused-ring (bicyclic) bond motifs is 8. The van der Waals surface area contributed by atoms with Crippen LogP contribution in [0.5, 0.6) is 0 Å². The molecule has 0 radical (unpaired) electrons. The Hall–Kier alpha value is -8.14. The maximum Gasteiger partial charge on any atom is 0.0561 e. The number of nitrogens with zero attached hydrogens (tertiary/aromatic N) is 3. The summed E-state index contributed by atoms with van der Waals surface area (Å²) in [6.07, 6.45) is 0. The summed E-state index contributed by atoms with van der Waals surface area (Å²) < 4.78 is 0. The SMILES string of the molecule is Cc1cc(C)c(N2c3cccc(c3)N(c3ccccc3-c3ccccc3)c3cc(c4ccc5cc(C(C)(C)C)cc6ccc3c4c65)N(c3ccccc3-c3ccccc3)c3cccc2c3)c(C)c1. The normalized spacial score (nSPS) is 12.8. The van der Waals surface area contributed by atoms with Crippen molar-refractivity contribution in [2.75, 3.05) is 14.7 Å². The van der Waals surface area contributed by atoms with Gasteiger partial charge in [0.05, 0.1) is 28.4 Å². The highest BCUT2D eigenvalue weighted by Gasteiger charge is 2.30. The van der Waals surface area contributed by atoms with Crippen LogP contribution >= 0.6 is 0 Å². The van der Waals surface area contributed by atoms with E-state index in [1.165, 1.54) is 71.4 Å². The van der Waals surface area contributed by atoms with E-state index in [-0.39, 0.29) is 5.41 Å². The molecule has 328 valence electrons. The monoisotopic (exact) mass is 875 g/mol. The summed E-state index contributed by atoms with van der Waals surface area (Å²) in [6.45, 7) is 13.6. The molecule has 0 spiro atoms. The maximum atomic E-state index is 2.53. The molecule has 0 atom stereocenters. The number of aryl methyl sites for hydroxylation is 3. The average Bonchev–Trinajstić information content (AvgIpc) is 3.35. The molecule has 1 heterocycles. The minimum absolute atomic E-state index is 0.00992. The first-order chi connectivity index (χ1) is 33.1. The zero-order valence-corrected chi connectivity index (χ0v) is 39.5. The first-order valence-corrected chi connectivity index (χ1v) is 23.8. The van der Waals surface area contributed by atoms with Crippen molar-refractivity contribution in [1.82, 2.24) is 0 Å². The van der Waals surface area contributed by atoms with Crippen LogP contribution in [0.25, 0.3) is 54.6 Å². The van der Waals surface area contributed by atoms with Crippen molar-refractivity contribution < 1.29 is 0 Å². The molecule has 11 aromatic rings. The fourth-order valence-corrected chi connectivity index (χ4v) is 11.0. The van der Waals surface area contributed by atoms with Crippen LogP contribution in [-0.4, -0.2) is 0 Å². The van der Waals surface area contributed by atoms with Gasteiger partial charge in [-0.25, -0.2) is 0 Å². The van der Waals surface area contributed by atoms with E-state index in [0.717, 1.165) is 56.6 Å². The van der Waals surface area contributed by atoms with Gasteiger partial charge in [-0.1, -0.05) is 184 Å². The Morgan fingerprint density at radius 1 is 0.338 bits per heavy atom. The summed E-state index contributed by atoms with van der Waals surface area (Å²) in [5.74, 6) is 0. The van der Waals surface area contributed by atoms with E-state index >= 15 is 0 Å². The van der Waals surface area contributed by atoms with E-state index in [9.17, 15) is 0 Å². The molecule has 0 saturated carbocycles. The molecule has 0 unspecified atom stereocenters. The van der Waals surface area contributed by atoms with E-state index in [2.05, 4.69) is 269 Å². The Morgan fingerprint density at radius 2 is 0.765 bits per heavy atom. The average molecular weight is 876 g/mol. The Labute approximate surface area is 400 Å². The lowest BCUT2D eigenvalue weighted by Crippen LogP contribution is -2.19. The van der Waals surface area contributed by atoms with Crippen molar-refractivity contribution in [3.63, 3.8) is 0 Å². The molecule has 0 amide bonds. The number of para-hydroxylation sites is 2. The lowest BCUT2D eigenvalue weighted by Gasteiger charge is -2.36. The molecule has 1 aliphatic heterocycles. The summed E-state index contributed by atoms with van der Waals surface area (Å²) in [5.41, 5.74) is 19.6. The molecule has 0 aliphatic carbocycles. The molecular formula is C65H53N3. The second-order valence-electron chi connectivity index (χ2n) is 19.6. The largest absolute Gasteiger partial charge is 0.310 e. The van der Waals surface area contributed by atoms with Crippen LogP contribution in [0.4, 0.5) is 51.2 Å². The van der Waals surface area contributed by atoms with Gasteiger partial charge in [-0.2, -0.15) is 0 Å². The summed E-state index contributed by atoms with van der Waals surface area (Å²) >= 11 is 0. The van der Waals surface area contributed by atoms with Crippen LogP contribution in [0.1, 0.15) is 43.0 Å².